The Hall–Kier alpha value is -2.18. The third-order valence-electron chi connectivity index (χ3n) is 2.59. The fourth-order valence-corrected chi connectivity index (χ4v) is 2.46. The number of hydrogen-bond donors (Lipinski definition) is 2. The number of carbonyl (C=O) groups excluding carboxylic acids is 2. The second-order valence-electron chi connectivity index (χ2n) is 4.49. The average Bonchev–Trinajstić information content (AvgIpc) is 2.85. The van der Waals surface area contributed by atoms with Crippen LogP contribution >= 0.6 is 22.9 Å². The predicted octanol–water partition coefficient (Wildman–Crippen LogP) is 3.72. The van der Waals surface area contributed by atoms with E-state index >= 15 is 0 Å². The van der Waals surface area contributed by atoms with Gasteiger partial charge in [0.2, 0.25) is 11.8 Å². The first-order valence-electron chi connectivity index (χ1n) is 6.42. The molecule has 114 valence electrons. The van der Waals surface area contributed by atoms with E-state index < -0.39 is 0 Å². The highest BCUT2D eigenvalue weighted by molar-refractivity contribution is 7.09. The second kappa shape index (κ2) is 7.20. The molecule has 0 aliphatic carbocycles. The highest BCUT2D eigenvalue weighted by Crippen LogP contribution is 2.25. The van der Waals surface area contributed by atoms with E-state index in [1.165, 1.54) is 24.3 Å². The Bertz CT molecular complexity index is 740. The van der Waals surface area contributed by atoms with Crippen molar-refractivity contribution in [2.45, 2.75) is 13.8 Å². The van der Waals surface area contributed by atoms with Gasteiger partial charge in [-0.25, -0.2) is 4.98 Å². The van der Waals surface area contributed by atoms with Crippen LogP contribution in [0.15, 0.2) is 29.7 Å². The fourth-order valence-electron chi connectivity index (χ4n) is 1.71. The fraction of sp³-hybridized carbons (Fsp3) is 0.133. The molecule has 0 unspecified atom stereocenters. The first-order chi connectivity index (χ1) is 10.4. The third-order valence-corrected chi connectivity index (χ3v) is 3.62. The molecule has 1 heterocycles. The zero-order chi connectivity index (χ0) is 16.1. The van der Waals surface area contributed by atoms with E-state index in [9.17, 15) is 9.59 Å². The van der Waals surface area contributed by atoms with E-state index in [-0.39, 0.29) is 11.8 Å². The standard InChI is InChI=1S/C15H14ClN3O2S/c1-9(20)17-13-5-3-11(16)7-14(13)19-15(21)6-4-12-8-22-10(2)18-12/h3-8H,1-2H3,(H,17,20)(H,19,21)/b6-4-. The van der Waals surface area contributed by atoms with Gasteiger partial charge in [0.05, 0.1) is 22.1 Å². The maximum absolute atomic E-state index is 12.0. The average molecular weight is 336 g/mol. The van der Waals surface area contributed by atoms with Crippen molar-refractivity contribution in [2.75, 3.05) is 10.6 Å². The number of amides is 2. The van der Waals surface area contributed by atoms with Crippen molar-refractivity contribution < 1.29 is 9.59 Å². The monoisotopic (exact) mass is 335 g/mol. The van der Waals surface area contributed by atoms with Crippen molar-refractivity contribution in [1.29, 1.82) is 0 Å². The van der Waals surface area contributed by atoms with Crippen LogP contribution in [0.4, 0.5) is 11.4 Å². The van der Waals surface area contributed by atoms with E-state index in [0.29, 0.717) is 16.4 Å². The summed E-state index contributed by atoms with van der Waals surface area (Å²) >= 11 is 7.43. The van der Waals surface area contributed by atoms with Gasteiger partial charge in [-0.15, -0.1) is 11.3 Å². The number of rotatable bonds is 4. The van der Waals surface area contributed by atoms with E-state index in [4.69, 9.17) is 11.6 Å². The number of halogens is 1. The minimum absolute atomic E-state index is 0.230. The zero-order valence-corrected chi connectivity index (χ0v) is 13.6. The predicted molar refractivity (Wildman–Crippen MR) is 90.3 cm³/mol. The summed E-state index contributed by atoms with van der Waals surface area (Å²) in [6.07, 6.45) is 3.01. The normalized spacial score (nSPS) is 10.7. The number of nitrogens with zero attached hydrogens (tertiary/aromatic N) is 1. The highest BCUT2D eigenvalue weighted by atomic mass is 35.5. The molecule has 2 rings (SSSR count). The SMILES string of the molecule is CC(=O)Nc1ccc(Cl)cc1NC(=O)/C=C\c1csc(C)n1. The molecule has 0 fully saturated rings. The van der Waals surface area contributed by atoms with E-state index in [0.717, 1.165) is 10.7 Å². The Labute approximate surface area is 137 Å². The molecule has 0 spiro atoms. The molecule has 0 atom stereocenters. The van der Waals surface area contributed by atoms with Crippen molar-refractivity contribution in [3.8, 4) is 0 Å². The van der Waals surface area contributed by atoms with Gasteiger partial charge in [0.25, 0.3) is 0 Å². The molecule has 1 aromatic heterocycles. The van der Waals surface area contributed by atoms with Crippen molar-refractivity contribution in [2.24, 2.45) is 0 Å². The van der Waals surface area contributed by atoms with Gasteiger partial charge in [-0.2, -0.15) is 0 Å². The van der Waals surface area contributed by atoms with Gasteiger partial charge in [0.1, 0.15) is 0 Å². The van der Waals surface area contributed by atoms with Crippen molar-refractivity contribution in [1.82, 2.24) is 4.98 Å². The number of anilines is 2. The molecule has 0 aliphatic heterocycles. The van der Waals surface area contributed by atoms with Crippen LogP contribution in [0.25, 0.3) is 6.08 Å². The summed E-state index contributed by atoms with van der Waals surface area (Å²) in [5.41, 5.74) is 1.65. The maximum atomic E-state index is 12.0. The van der Waals surface area contributed by atoms with Gasteiger partial charge < -0.3 is 10.6 Å². The molecule has 5 nitrogen and oxygen atoms in total. The van der Waals surface area contributed by atoms with Crippen LogP contribution in [0.3, 0.4) is 0 Å². The first kappa shape index (κ1) is 16.2. The lowest BCUT2D eigenvalue weighted by Crippen LogP contribution is -2.13. The number of benzene rings is 1. The number of aryl methyl sites for hydroxylation is 1. The molecule has 2 N–H and O–H groups in total. The summed E-state index contributed by atoms with van der Waals surface area (Å²) in [5.74, 6) is -0.564. The smallest absolute Gasteiger partial charge is 0.248 e. The topological polar surface area (TPSA) is 71.1 Å². The van der Waals surface area contributed by atoms with Gasteiger partial charge in [-0.1, -0.05) is 11.6 Å². The Morgan fingerprint density at radius 1 is 1.27 bits per heavy atom. The lowest BCUT2D eigenvalue weighted by molar-refractivity contribution is -0.114. The zero-order valence-electron chi connectivity index (χ0n) is 12.0. The van der Waals surface area contributed by atoms with Crippen LogP contribution in [0.2, 0.25) is 5.02 Å². The largest absolute Gasteiger partial charge is 0.325 e. The Kier molecular flexibility index (Phi) is 5.30. The van der Waals surface area contributed by atoms with Gasteiger partial charge >= 0.3 is 0 Å². The van der Waals surface area contributed by atoms with Crippen LogP contribution < -0.4 is 10.6 Å². The van der Waals surface area contributed by atoms with E-state index in [1.807, 2.05) is 12.3 Å². The lowest BCUT2D eigenvalue weighted by atomic mass is 10.2. The highest BCUT2D eigenvalue weighted by Gasteiger charge is 2.07. The molecule has 2 amide bonds. The van der Waals surface area contributed by atoms with E-state index in [1.54, 1.807) is 24.3 Å². The lowest BCUT2D eigenvalue weighted by Gasteiger charge is -2.10. The quantitative estimate of drug-likeness (QED) is 0.836. The van der Waals surface area contributed by atoms with E-state index in [2.05, 4.69) is 15.6 Å². The van der Waals surface area contributed by atoms with Crippen LogP contribution in [0.5, 0.6) is 0 Å². The van der Waals surface area contributed by atoms with Gasteiger partial charge in [0.15, 0.2) is 0 Å². The molecule has 2 aromatic rings. The van der Waals surface area contributed by atoms with Crippen LogP contribution in [0.1, 0.15) is 17.6 Å². The number of hydrogen-bond acceptors (Lipinski definition) is 4. The Morgan fingerprint density at radius 2 is 2.05 bits per heavy atom. The van der Waals surface area contributed by atoms with Gasteiger partial charge in [0, 0.05) is 23.4 Å². The molecule has 0 saturated carbocycles. The van der Waals surface area contributed by atoms with Crippen molar-refractivity contribution >= 4 is 52.2 Å². The van der Waals surface area contributed by atoms with Gasteiger partial charge in [-0.3, -0.25) is 9.59 Å². The first-order valence-corrected chi connectivity index (χ1v) is 7.68. The molecule has 0 aliphatic rings. The van der Waals surface area contributed by atoms with Crippen molar-refractivity contribution in [3.05, 3.63) is 45.4 Å². The number of thiazole rings is 1. The summed E-state index contributed by atoms with van der Waals surface area (Å²) in [6, 6.07) is 4.84. The number of aromatic nitrogens is 1. The van der Waals surface area contributed by atoms with Crippen LogP contribution in [-0.4, -0.2) is 16.8 Å². The molecular weight excluding hydrogens is 322 g/mol. The van der Waals surface area contributed by atoms with Crippen LogP contribution in [0, 0.1) is 6.92 Å². The molecule has 7 heteroatoms. The number of nitrogens with one attached hydrogen (secondary N) is 2. The molecule has 0 radical (unpaired) electrons. The maximum Gasteiger partial charge on any atom is 0.248 e. The summed E-state index contributed by atoms with van der Waals surface area (Å²) in [4.78, 5) is 27.4. The summed E-state index contributed by atoms with van der Waals surface area (Å²) in [7, 11) is 0. The summed E-state index contributed by atoms with van der Waals surface area (Å²) in [6.45, 7) is 3.29. The molecular formula is C15H14ClN3O2S. The second-order valence-corrected chi connectivity index (χ2v) is 5.98. The van der Waals surface area contributed by atoms with Crippen molar-refractivity contribution in [3.63, 3.8) is 0 Å². The minimum atomic E-state index is -0.334. The molecule has 22 heavy (non-hydrogen) atoms. The molecule has 0 saturated heterocycles. The van der Waals surface area contributed by atoms with Crippen LogP contribution in [-0.2, 0) is 9.59 Å². The summed E-state index contributed by atoms with van der Waals surface area (Å²) < 4.78 is 0. The van der Waals surface area contributed by atoms with Gasteiger partial charge in [-0.05, 0) is 31.2 Å². The molecule has 0 bridgehead atoms. The minimum Gasteiger partial charge on any atom is -0.325 e. The number of carbonyl (C=O) groups is 2. The Balaban J connectivity index is 2.12. The third kappa shape index (κ3) is 4.68. The Morgan fingerprint density at radius 3 is 2.68 bits per heavy atom. The summed E-state index contributed by atoms with van der Waals surface area (Å²) in [5, 5.41) is 8.58. The molecule has 1 aromatic carbocycles.